The average Bonchev–Trinajstić information content (AvgIpc) is 3.11. The fourth-order valence-corrected chi connectivity index (χ4v) is 2.97. The lowest BCUT2D eigenvalue weighted by Gasteiger charge is -2.10. The molecule has 25 heavy (non-hydrogen) atoms. The van der Waals surface area contributed by atoms with E-state index in [4.69, 9.17) is 22.6 Å². The Morgan fingerprint density at radius 1 is 1.08 bits per heavy atom. The first kappa shape index (κ1) is 15.1. The molecule has 3 N–H and O–H groups in total. The summed E-state index contributed by atoms with van der Waals surface area (Å²) in [7, 11) is 0. The molecule has 0 spiro atoms. The van der Waals surface area contributed by atoms with Crippen molar-refractivity contribution in [1.29, 1.82) is 5.26 Å². The number of nitrogen functional groups attached to an aromatic ring is 1. The first-order valence-corrected chi connectivity index (χ1v) is 7.79. The van der Waals surface area contributed by atoms with Gasteiger partial charge >= 0.3 is 0 Å². The lowest BCUT2D eigenvalue weighted by atomic mass is 10.0. The van der Waals surface area contributed by atoms with E-state index < -0.39 is 0 Å². The number of nitrogens with zero attached hydrogens (tertiary/aromatic N) is 4. The Labute approximate surface area is 147 Å². The summed E-state index contributed by atoms with van der Waals surface area (Å²) in [6.07, 6.45) is 3.20. The van der Waals surface area contributed by atoms with E-state index in [1.165, 1.54) is 6.20 Å². The summed E-state index contributed by atoms with van der Waals surface area (Å²) in [5, 5.41) is 17.4. The fraction of sp³-hybridized carbons (Fsp3) is 0. The maximum Gasteiger partial charge on any atom is 0.142 e. The molecule has 0 saturated carbocycles. The van der Waals surface area contributed by atoms with Gasteiger partial charge < -0.3 is 5.73 Å². The molecule has 6 nitrogen and oxygen atoms in total. The van der Waals surface area contributed by atoms with Crippen molar-refractivity contribution < 1.29 is 0 Å². The minimum atomic E-state index is 0.302. The Bertz CT molecular complexity index is 1140. The van der Waals surface area contributed by atoms with Crippen LogP contribution in [0.1, 0.15) is 5.56 Å². The third-order valence-corrected chi connectivity index (χ3v) is 4.13. The first-order chi connectivity index (χ1) is 12.2. The third kappa shape index (κ3) is 2.67. The largest absolute Gasteiger partial charge is 0.382 e. The summed E-state index contributed by atoms with van der Waals surface area (Å²) >= 11 is 6.34. The van der Waals surface area contributed by atoms with Crippen molar-refractivity contribution in [2.75, 3.05) is 5.73 Å². The molecule has 0 aliphatic heterocycles. The number of H-pyrrole nitrogens is 1. The van der Waals surface area contributed by atoms with Crippen LogP contribution in [0, 0.1) is 11.3 Å². The van der Waals surface area contributed by atoms with E-state index in [1.807, 2.05) is 12.1 Å². The van der Waals surface area contributed by atoms with Gasteiger partial charge in [0.1, 0.15) is 5.82 Å². The molecule has 2 heterocycles. The number of halogens is 1. The summed E-state index contributed by atoms with van der Waals surface area (Å²) in [6.45, 7) is 0. The van der Waals surface area contributed by atoms with Gasteiger partial charge in [-0.05, 0) is 24.3 Å². The zero-order valence-electron chi connectivity index (χ0n) is 12.9. The van der Waals surface area contributed by atoms with Gasteiger partial charge in [0, 0.05) is 16.5 Å². The van der Waals surface area contributed by atoms with Gasteiger partial charge in [0.15, 0.2) is 0 Å². The summed E-state index contributed by atoms with van der Waals surface area (Å²) in [6, 6.07) is 13.0. The summed E-state index contributed by atoms with van der Waals surface area (Å²) in [4.78, 5) is 8.88. The minimum absolute atomic E-state index is 0.302. The van der Waals surface area contributed by atoms with Crippen LogP contribution in [-0.2, 0) is 0 Å². The maximum atomic E-state index is 9.14. The van der Waals surface area contributed by atoms with Gasteiger partial charge in [0.2, 0.25) is 0 Å². The van der Waals surface area contributed by atoms with E-state index in [2.05, 4.69) is 26.2 Å². The zero-order valence-corrected chi connectivity index (χ0v) is 13.6. The van der Waals surface area contributed by atoms with Crippen molar-refractivity contribution in [3.05, 3.63) is 59.4 Å². The number of nitriles is 1. The molecule has 2 aromatic carbocycles. The number of aromatic nitrogens is 4. The SMILES string of the molecule is N#Cc1cccc(-c2nc(N)cnc2-c2cc(Cl)c3[nH]ncc3c2)c1. The second-order valence-electron chi connectivity index (χ2n) is 5.48. The van der Waals surface area contributed by atoms with E-state index in [0.29, 0.717) is 27.8 Å². The van der Waals surface area contributed by atoms with E-state index >= 15 is 0 Å². The smallest absolute Gasteiger partial charge is 0.142 e. The molecule has 0 radical (unpaired) electrons. The quantitative estimate of drug-likeness (QED) is 0.574. The summed E-state index contributed by atoms with van der Waals surface area (Å²) in [5.74, 6) is 0.302. The lowest BCUT2D eigenvalue weighted by Crippen LogP contribution is -1.98. The molecule has 120 valence electrons. The Morgan fingerprint density at radius 3 is 2.80 bits per heavy atom. The first-order valence-electron chi connectivity index (χ1n) is 7.42. The summed E-state index contributed by atoms with van der Waals surface area (Å²) < 4.78 is 0. The molecule has 0 atom stereocenters. The van der Waals surface area contributed by atoms with E-state index in [-0.39, 0.29) is 0 Å². The number of benzene rings is 2. The number of rotatable bonds is 2. The zero-order chi connectivity index (χ0) is 17.4. The number of nitrogens with two attached hydrogens (primary N) is 1. The van der Waals surface area contributed by atoms with Gasteiger partial charge in [-0.15, -0.1) is 0 Å². The molecule has 0 bridgehead atoms. The normalized spacial score (nSPS) is 10.7. The predicted molar refractivity (Wildman–Crippen MR) is 96.7 cm³/mol. The Morgan fingerprint density at radius 2 is 1.96 bits per heavy atom. The lowest BCUT2D eigenvalue weighted by molar-refractivity contribution is 1.12. The molecule has 0 fully saturated rings. The van der Waals surface area contributed by atoms with Crippen LogP contribution in [0.25, 0.3) is 33.4 Å². The van der Waals surface area contributed by atoms with Gasteiger partial charge in [0.05, 0.1) is 46.0 Å². The molecular formula is C18H11ClN6. The molecule has 0 amide bonds. The second kappa shape index (κ2) is 5.89. The maximum absolute atomic E-state index is 9.14. The number of anilines is 1. The minimum Gasteiger partial charge on any atom is -0.382 e. The molecule has 0 unspecified atom stereocenters. The Hall–Kier alpha value is -3.43. The molecule has 0 aliphatic rings. The van der Waals surface area contributed by atoms with Crippen molar-refractivity contribution in [2.24, 2.45) is 0 Å². The van der Waals surface area contributed by atoms with Crippen LogP contribution in [0.4, 0.5) is 5.82 Å². The van der Waals surface area contributed by atoms with Gasteiger partial charge in [-0.25, -0.2) is 4.98 Å². The van der Waals surface area contributed by atoms with Gasteiger partial charge in [-0.1, -0.05) is 23.7 Å². The van der Waals surface area contributed by atoms with Gasteiger partial charge in [0.25, 0.3) is 0 Å². The number of nitrogens with one attached hydrogen (secondary N) is 1. The van der Waals surface area contributed by atoms with Crippen molar-refractivity contribution >= 4 is 28.3 Å². The highest BCUT2D eigenvalue weighted by Gasteiger charge is 2.14. The van der Waals surface area contributed by atoms with Crippen LogP contribution >= 0.6 is 11.6 Å². The number of aromatic amines is 1. The van der Waals surface area contributed by atoms with Gasteiger partial charge in [-0.3, -0.25) is 10.1 Å². The molecule has 0 aliphatic carbocycles. The molecule has 2 aromatic heterocycles. The van der Waals surface area contributed by atoms with Crippen LogP contribution in [0.5, 0.6) is 0 Å². The second-order valence-corrected chi connectivity index (χ2v) is 5.88. The van der Waals surface area contributed by atoms with Gasteiger partial charge in [-0.2, -0.15) is 10.4 Å². The van der Waals surface area contributed by atoms with Crippen molar-refractivity contribution in [2.45, 2.75) is 0 Å². The summed E-state index contributed by atoms with van der Waals surface area (Å²) in [5.41, 5.74) is 9.92. The van der Waals surface area contributed by atoms with E-state index in [9.17, 15) is 0 Å². The Kier molecular flexibility index (Phi) is 3.56. The van der Waals surface area contributed by atoms with Crippen LogP contribution in [0.3, 0.4) is 0 Å². The molecular weight excluding hydrogens is 336 g/mol. The van der Waals surface area contributed by atoms with E-state index in [0.717, 1.165) is 22.0 Å². The third-order valence-electron chi connectivity index (χ3n) is 3.83. The number of hydrogen-bond acceptors (Lipinski definition) is 5. The topological polar surface area (TPSA) is 104 Å². The van der Waals surface area contributed by atoms with Crippen molar-refractivity contribution in [3.8, 4) is 28.6 Å². The highest BCUT2D eigenvalue weighted by molar-refractivity contribution is 6.35. The highest BCUT2D eigenvalue weighted by Crippen LogP contribution is 2.34. The predicted octanol–water partition coefficient (Wildman–Crippen LogP) is 3.79. The molecule has 4 rings (SSSR count). The van der Waals surface area contributed by atoms with Crippen molar-refractivity contribution in [3.63, 3.8) is 0 Å². The standard InChI is InChI=1S/C18H11ClN6/c19-14-6-12(5-13-8-23-25-16(13)14)17-18(24-15(21)9-22-17)11-3-1-2-10(4-11)7-20/h1-6,8-9H,(H2,21,24)(H,23,25). The fourth-order valence-electron chi connectivity index (χ4n) is 2.70. The number of fused-ring (bicyclic) bond motifs is 1. The highest BCUT2D eigenvalue weighted by atomic mass is 35.5. The number of hydrogen-bond donors (Lipinski definition) is 2. The molecule has 7 heteroatoms. The van der Waals surface area contributed by atoms with Crippen LogP contribution in [0.2, 0.25) is 5.02 Å². The molecule has 4 aromatic rings. The molecule has 0 saturated heterocycles. The Balaban J connectivity index is 1.97. The monoisotopic (exact) mass is 346 g/mol. The van der Waals surface area contributed by atoms with Crippen LogP contribution < -0.4 is 5.73 Å². The van der Waals surface area contributed by atoms with E-state index in [1.54, 1.807) is 30.5 Å². The average molecular weight is 347 g/mol. The van der Waals surface area contributed by atoms with Crippen LogP contribution in [0.15, 0.2) is 48.8 Å². The van der Waals surface area contributed by atoms with Crippen molar-refractivity contribution in [1.82, 2.24) is 20.2 Å². The van der Waals surface area contributed by atoms with Crippen LogP contribution in [-0.4, -0.2) is 20.2 Å².